The molecule has 0 N–H and O–H groups in total. The largest absolute Gasteiger partial charge is 0.345 e. The molecule has 4 nitrogen and oxygen atoms in total. The van der Waals surface area contributed by atoms with Crippen LogP contribution >= 0.6 is 0 Å². The van der Waals surface area contributed by atoms with E-state index < -0.39 is 0 Å². The molecule has 0 saturated heterocycles. The molecular formula is C10H10FN3O. The maximum atomic E-state index is 12.6. The third-order valence-electron chi connectivity index (χ3n) is 2.13. The third-order valence-corrected chi connectivity index (χ3v) is 2.13. The van der Waals surface area contributed by atoms with Gasteiger partial charge in [0.15, 0.2) is 0 Å². The van der Waals surface area contributed by atoms with E-state index in [1.807, 2.05) is 0 Å². The fourth-order valence-electron chi connectivity index (χ4n) is 1.29. The molecule has 1 heterocycles. The molecule has 0 aliphatic rings. The summed E-state index contributed by atoms with van der Waals surface area (Å²) in [5.74, 6) is -0.285. The van der Waals surface area contributed by atoms with Crippen LogP contribution in [-0.2, 0) is 13.6 Å². The zero-order valence-electron chi connectivity index (χ0n) is 8.22. The molecule has 0 aliphatic heterocycles. The molecule has 0 aliphatic carbocycles. The van der Waals surface area contributed by atoms with Crippen molar-refractivity contribution in [2.45, 2.75) is 6.54 Å². The molecule has 0 radical (unpaired) electrons. The molecule has 2 rings (SSSR count). The second kappa shape index (κ2) is 3.68. The number of nitrogens with zero attached hydrogens (tertiary/aromatic N) is 3. The summed E-state index contributed by atoms with van der Waals surface area (Å²) in [7, 11) is 1.64. The van der Waals surface area contributed by atoms with Crippen molar-refractivity contribution >= 4 is 0 Å². The van der Waals surface area contributed by atoms with Crippen molar-refractivity contribution in [3.63, 3.8) is 0 Å². The Morgan fingerprint density at radius 3 is 2.53 bits per heavy atom. The minimum absolute atomic E-state index is 0.181. The van der Waals surface area contributed by atoms with Crippen LogP contribution in [0.15, 0.2) is 35.4 Å². The topological polar surface area (TPSA) is 39.8 Å². The van der Waals surface area contributed by atoms with Crippen molar-refractivity contribution in [3.8, 4) is 0 Å². The monoisotopic (exact) mass is 207 g/mol. The first-order valence-corrected chi connectivity index (χ1v) is 4.50. The van der Waals surface area contributed by atoms with Gasteiger partial charge in [-0.3, -0.25) is 4.57 Å². The van der Waals surface area contributed by atoms with Gasteiger partial charge in [-0.15, -0.1) is 0 Å². The Kier molecular flexibility index (Phi) is 2.37. The average Bonchev–Trinajstić information content (AvgIpc) is 2.53. The van der Waals surface area contributed by atoms with Gasteiger partial charge in [-0.05, 0) is 17.7 Å². The second-order valence-electron chi connectivity index (χ2n) is 3.31. The predicted octanol–water partition coefficient (Wildman–Crippen LogP) is 0.769. The molecule has 1 aromatic heterocycles. The predicted molar refractivity (Wildman–Crippen MR) is 53.0 cm³/mol. The van der Waals surface area contributed by atoms with Gasteiger partial charge < -0.3 is 0 Å². The summed E-state index contributed by atoms with van der Waals surface area (Å²) in [5.41, 5.74) is 0.663. The summed E-state index contributed by atoms with van der Waals surface area (Å²) in [4.78, 5) is 11.4. The zero-order chi connectivity index (χ0) is 10.8. The van der Waals surface area contributed by atoms with Crippen LogP contribution in [0.1, 0.15) is 5.56 Å². The van der Waals surface area contributed by atoms with Crippen LogP contribution in [0.5, 0.6) is 0 Å². The lowest BCUT2D eigenvalue weighted by Gasteiger charge is -1.99. The van der Waals surface area contributed by atoms with Crippen LogP contribution in [0.25, 0.3) is 0 Å². The summed E-state index contributed by atoms with van der Waals surface area (Å²) in [6, 6.07) is 6.00. The number of hydrogen-bond acceptors (Lipinski definition) is 2. The molecule has 1 aromatic carbocycles. The fourth-order valence-corrected chi connectivity index (χ4v) is 1.29. The summed E-state index contributed by atoms with van der Waals surface area (Å²) in [5, 5.41) is 3.91. The van der Waals surface area contributed by atoms with Gasteiger partial charge in [0.25, 0.3) is 0 Å². The molecule has 0 saturated carbocycles. The van der Waals surface area contributed by atoms with Gasteiger partial charge in [-0.1, -0.05) is 12.1 Å². The van der Waals surface area contributed by atoms with Crippen molar-refractivity contribution < 1.29 is 4.39 Å². The molecule has 78 valence electrons. The highest BCUT2D eigenvalue weighted by molar-refractivity contribution is 5.15. The van der Waals surface area contributed by atoms with Crippen LogP contribution in [-0.4, -0.2) is 14.3 Å². The number of rotatable bonds is 2. The van der Waals surface area contributed by atoms with Gasteiger partial charge in [0.05, 0.1) is 6.54 Å². The normalized spacial score (nSPS) is 10.5. The maximum absolute atomic E-state index is 12.6. The Morgan fingerprint density at radius 2 is 2.00 bits per heavy atom. The first-order valence-electron chi connectivity index (χ1n) is 4.50. The average molecular weight is 207 g/mol. The highest BCUT2D eigenvalue weighted by atomic mass is 19.1. The van der Waals surface area contributed by atoms with E-state index in [1.165, 1.54) is 27.7 Å². The van der Waals surface area contributed by atoms with Gasteiger partial charge in [-0.2, -0.15) is 5.10 Å². The van der Waals surface area contributed by atoms with Gasteiger partial charge in [0, 0.05) is 7.05 Å². The zero-order valence-corrected chi connectivity index (χ0v) is 8.22. The quantitative estimate of drug-likeness (QED) is 0.729. The highest BCUT2D eigenvalue weighted by Crippen LogP contribution is 2.03. The van der Waals surface area contributed by atoms with E-state index in [-0.39, 0.29) is 11.5 Å². The van der Waals surface area contributed by atoms with Crippen LogP contribution in [0.4, 0.5) is 4.39 Å². The molecular weight excluding hydrogens is 197 g/mol. The first-order chi connectivity index (χ1) is 7.16. The molecule has 2 aromatic rings. The van der Waals surface area contributed by atoms with E-state index in [0.29, 0.717) is 6.54 Å². The number of benzene rings is 1. The van der Waals surface area contributed by atoms with E-state index in [2.05, 4.69) is 5.10 Å². The minimum atomic E-state index is -0.285. The molecule has 0 fully saturated rings. The molecule has 0 unspecified atom stereocenters. The Bertz CT molecular complexity index is 512. The Labute approximate surface area is 85.6 Å². The second-order valence-corrected chi connectivity index (χ2v) is 3.31. The number of aryl methyl sites for hydroxylation is 1. The van der Waals surface area contributed by atoms with Crippen molar-refractivity contribution in [1.29, 1.82) is 0 Å². The number of hydrogen-bond donors (Lipinski definition) is 0. The summed E-state index contributed by atoms with van der Waals surface area (Å²) in [6.07, 6.45) is 1.45. The van der Waals surface area contributed by atoms with E-state index in [0.717, 1.165) is 5.56 Å². The van der Waals surface area contributed by atoms with Crippen molar-refractivity contribution in [2.75, 3.05) is 0 Å². The Balaban J connectivity index is 2.26. The van der Waals surface area contributed by atoms with Gasteiger partial charge in [0.1, 0.15) is 12.1 Å². The lowest BCUT2D eigenvalue weighted by molar-refractivity contribution is 0.621. The molecule has 0 spiro atoms. The first kappa shape index (κ1) is 9.64. The van der Waals surface area contributed by atoms with Crippen LogP contribution < -0.4 is 5.69 Å². The van der Waals surface area contributed by atoms with Crippen molar-refractivity contribution in [3.05, 3.63) is 52.5 Å². The van der Waals surface area contributed by atoms with E-state index in [4.69, 9.17) is 0 Å². The smallest absolute Gasteiger partial charge is 0.285 e. The Hall–Kier alpha value is -1.91. The maximum Gasteiger partial charge on any atom is 0.345 e. The standard InChI is InChI=1S/C10H10FN3O/c1-13-7-12-14(10(13)15)6-8-2-4-9(11)5-3-8/h2-5,7H,6H2,1H3. The van der Waals surface area contributed by atoms with E-state index in [9.17, 15) is 9.18 Å². The van der Waals surface area contributed by atoms with Crippen LogP contribution in [0.2, 0.25) is 0 Å². The summed E-state index contributed by atoms with van der Waals surface area (Å²) >= 11 is 0. The van der Waals surface area contributed by atoms with E-state index >= 15 is 0 Å². The fraction of sp³-hybridized carbons (Fsp3) is 0.200. The van der Waals surface area contributed by atoms with Gasteiger partial charge >= 0.3 is 5.69 Å². The summed E-state index contributed by atoms with van der Waals surface area (Å²) < 4.78 is 15.3. The molecule has 15 heavy (non-hydrogen) atoms. The molecule has 0 atom stereocenters. The third kappa shape index (κ3) is 1.96. The van der Waals surface area contributed by atoms with Crippen molar-refractivity contribution in [2.24, 2.45) is 7.05 Å². The number of aromatic nitrogens is 3. The van der Waals surface area contributed by atoms with Gasteiger partial charge in [-0.25, -0.2) is 13.9 Å². The SMILES string of the molecule is Cn1cnn(Cc2ccc(F)cc2)c1=O. The van der Waals surface area contributed by atoms with Crippen molar-refractivity contribution in [1.82, 2.24) is 14.3 Å². The Morgan fingerprint density at radius 1 is 1.33 bits per heavy atom. The number of halogens is 1. The van der Waals surface area contributed by atoms with E-state index in [1.54, 1.807) is 19.2 Å². The van der Waals surface area contributed by atoms with Gasteiger partial charge in [0.2, 0.25) is 0 Å². The molecule has 0 amide bonds. The van der Waals surface area contributed by atoms with Crippen LogP contribution in [0, 0.1) is 5.82 Å². The highest BCUT2D eigenvalue weighted by Gasteiger charge is 2.02. The molecule has 5 heteroatoms. The lowest BCUT2D eigenvalue weighted by Crippen LogP contribution is -2.23. The minimum Gasteiger partial charge on any atom is -0.285 e. The summed E-state index contributed by atoms with van der Waals surface area (Å²) in [6.45, 7) is 0.361. The lowest BCUT2D eigenvalue weighted by atomic mass is 10.2. The molecule has 0 bridgehead atoms. The van der Waals surface area contributed by atoms with Crippen LogP contribution in [0.3, 0.4) is 0 Å².